The smallest absolute Gasteiger partial charge is 0.0271 e. The van der Waals surface area contributed by atoms with Crippen molar-refractivity contribution < 1.29 is 0 Å². The van der Waals surface area contributed by atoms with Crippen LogP contribution in [0.4, 0.5) is 0 Å². The standard InChI is InChI=1S/C16H27N3/c1-17-16(15-6-4-3-5-7-15)13-19(2)12-14-8-10-18-11-9-14/h8-11,15-17H,3-7,12-13H2,1-2H3. The van der Waals surface area contributed by atoms with Crippen molar-refractivity contribution in [3.05, 3.63) is 30.1 Å². The SMILES string of the molecule is CNC(CN(C)Cc1ccncc1)C1CCCCC1. The lowest BCUT2D eigenvalue weighted by Crippen LogP contribution is -2.43. The van der Waals surface area contributed by atoms with Crippen LogP contribution in [0.15, 0.2) is 24.5 Å². The van der Waals surface area contributed by atoms with Crippen LogP contribution in [0.25, 0.3) is 0 Å². The molecule has 1 atom stereocenters. The lowest BCUT2D eigenvalue weighted by Gasteiger charge is -2.33. The Labute approximate surface area is 117 Å². The lowest BCUT2D eigenvalue weighted by atomic mass is 9.83. The minimum absolute atomic E-state index is 0.632. The Morgan fingerprint density at radius 1 is 1.26 bits per heavy atom. The number of pyridine rings is 1. The highest BCUT2D eigenvalue weighted by Gasteiger charge is 2.23. The van der Waals surface area contributed by atoms with Gasteiger partial charge in [-0.3, -0.25) is 4.98 Å². The summed E-state index contributed by atoms with van der Waals surface area (Å²) in [5, 5.41) is 3.53. The topological polar surface area (TPSA) is 28.2 Å². The summed E-state index contributed by atoms with van der Waals surface area (Å²) >= 11 is 0. The van der Waals surface area contributed by atoms with Crippen LogP contribution in [0.2, 0.25) is 0 Å². The second-order valence-corrected chi connectivity index (χ2v) is 5.85. The maximum Gasteiger partial charge on any atom is 0.0271 e. The van der Waals surface area contributed by atoms with Gasteiger partial charge in [0, 0.05) is 31.5 Å². The van der Waals surface area contributed by atoms with E-state index in [0.29, 0.717) is 6.04 Å². The molecule has 0 saturated heterocycles. The van der Waals surface area contributed by atoms with Gasteiger partial charge in [-0.25, -0.2) is 0 Å². The van der Waals surface area contributed by atoms with Crippen molar-refractivity contribution in [3.63, 3.8) is 0 Å². The van der Waals surface area contributed by atoms with Crippen molar-refractivity contribution in [1.29, 1.82) is 0 Å². The van der Waals surface area contributed by atoms with Gasteiger partial charge in [0.1, 0.15) is 0 Å². The Balaban J connectivity index is 1.83. The second-order valence-electron chi connectivity index (χ2n) is 5.85. The van der Waals surface area contributed by atoms with E-state index in [2.05, 4.69) is 41.4 Å². The van der Waals surface area contributed by atoms with Gasteiger partial charge in [-0.1, -0.05) is 19.3 Å². The minimum Gasteiger partial charge on any atom is -0.315 e. The molecule has 0 aromatic carbocycles. The number of rotatable bonds is 6. The molecule has 0 spiro atoms. The quantitative estimate of drug-likeness (QED) is 0.853. The highest BCUT2D eigenvalue weighted by atomic mass is 15.1. The summed E-state index contributed by atoms with van der Waals surface area (Å²) in [6, 6.07) is 4.84. The van der Waals surface area contributed by atoms with Gasteiger partial charge in [0.25, 0.3) is 0 Å². The van der Waals surface area contributed by atoms with E-state index >= 15 is 0 Å². The molecule has 3 nitrogen and oxygen atoms in total. The average molecular weight is 261 g/mol. The monoisotopic (exact) mass is 261 g/mol. The normalized spacial score (nSPS) is 18.7. The zero-order valence-electron chi connectivity index (χ0n) is 12.3. The first-order chi connectivity index (χ1) is 9.29. The highest BCUT2D eigenvalue weighted by molar-refractivity contribution is 5.09. The summed E-state index contributed by atoms with van der Waals surface area (Å²) in [4.78, 5) is 6.49. The van der Waals surface area contributed by atoms with Crippen molar-refractivity contribution in [3.8, 4) is 0 Å². The number of hydrogen-bond donors (Lipinski definition) is 1. The maximum absolute atomic E-state index is 4.07. The van der Waals surface area contributed by atoms with E-state index in [4.69, 9.17) is 0 Å². The molecule has 0 aliphatic heterocycles. The molecule has 3 heteroatoms. The number of nitrogens with one attached hydrogen (secondary N) is 1. The third-order valence-corrected chi connectivity index (χ3v) is 4.30. The van der Waals surface area contributed by atoms with E-state index in [0.717, 1.165) is 19.0 Å². The predicted molar refractivity (Wildman–Crippen MR) is 80.0 cm³/mol. The van der Waals surface area contributed by atoms with Gasteiger partial charge in [-0.05, 0) is 50.6 Å². The average Bonchev–Trinajstić information content (AvgIpc) is 2.47. The highest BCUT2D eigenvalue weighted by Crippen LogP contribution is 2.26. The summed E-state index contributed by atoms with van der Waals surface area (Å²) < 4.78 is 0. The number of hydrogen-bond acceptors (Lipinski definition) is 3. The van der Waals surface area contributed by atoms with E-state index in [-0.39, 0.29) is 0 Å². The summed E-state index contributed by atoms with van der Waals surface area (Å²) in [5.74, 6) is 0.860. The van der Waals surface area contributed by atoms with Gasteiger partial charge in [0.05, 0.1) is 0 Å². The van der Waals surface area contributed by atoms with Crippen molar-refractivity contribution in [1.82, 2.24) is 15.2 Å². The third-order valence-electron chi connectivity index (χ3n) is 4.30. The summed E-state index contributed by atoms with van der Waals surface area (Å²) in [6.45, 7) is 2.14. The Kier molecular flexibility index (Phi) is 5.80. The first-order valence-corrected chi connectivity index (χ1v) is 7.54. The zero-order chi connectivity index (χ0) is 13.5. The largest absolute Gasteiger partial charge is 0.315 e. The molecule has 2 rings (SSSR count). The Morgan fingerprint density at radius 3 is 2.58 bits per heavy atom. The van der Waals surface area contributed by atoms with Crippen LogP contribution in [0.5, 0.6) is 0 Å². The van der Waals surface area contributed by atoms with Crippen LogP contribution >= 0.6 is 0 Å². The third kappa shape index (κ3) is 4.59. The number of aromatic nitrogens is 1. The molecular weight excluding hydrogens is 234 g/mol. The fraction of sp³-hybridized carbons (Fsp3) is 0.688. The van der Waals surface area contributed by atoms with Crippen LogP contribution in [0, 0.1) is 5.92 Å². The Morgan fingerprint density at radius 2 is 1.95 bits per heavy atom. The first kappa shape index (κ1) is 14.5. The van der Waals surface area contributed by atoms with E-state index in [1.807, 2.05) is 12.4 Å². The van der Waals surface area contributed by atoms with Gasteiger partial charge in [0.15, 0.2) is 0 Å². The molecule has 1 aliphatic rings. The fourth-order valence-electron chi connectivity index (χ4n) is 3.21. The van der Waals surface area contributed by atoms with Gasteiger partial charge < -0.3 is 10.2 Å². The number of likely N-dealkylation sites (N-methyl/N-ethyl adjacent to an activating group) is 2. The van der Waals surface area contributed by atoms with E-state index in [1.165, 1.54) is 37.7 Å². The van der Waals surface area contributed by atoms with Crippen LogP contribution < -0.4 is 5.32 Å². The van der Waals surface area contributed by atoms with Gasteiger partial charge in [-0.15, -0.1) is 0 Å². The summed E-state index contributed by atoms with van der Waals surface area (Å²) in [7, 11) is 4.33. The molecule has 19 heavy (non-hydrogen) atoms. The molecule has 1 aromatic rings. The molecule has 0 bridgehead atoms. The molecule has 1 aliphatic carbocycles. The van der Waals surface area contributed by atoms with Gasteiger partial charge >= 0.3 is 0 Å². The predicted octanol–water partition coefficient (Wildman–Crippen LogP) is 2.68. The Bertz CT molecular complexity index is 346. The Hall–Kier alpha value is -0.930. The molecule has 0 amide bonds. The van der Waals surface area contributed by atoms with Crippen molar-refractivity contribution in [2.75, 3.05) is 20.6 Å². The molecule has 1 N–H and O–H groups in total. The molecule has 1 aromatic heterocycles. The molecule has 106 valence electrons. The molecule has 1 saturated carbocycles. The molecular formula is C16H27N3. The molecule has 1 heterocycles. The molecule has 0 radical (unpaired) electrons. The lowest BCUT2D eigenvalue weighted by molar-refractivity contribution is 0.208. The second kappa shape index (κ2) is 7.61. The maximum atomic E-state index is 4.07. The van der Waals surface area contributed by atoms with Crippen molar-refractivity contribution in [2.24, 2.45) is 5.92 Å². The van der Waals surface area contributed by atoms with Crippen LogP contribution in [0.1, 0.15) is 37.7 Å². The number of nitrogens with zero attached hydrogens (tertiary/aromatic N) is 2. The van der Waals surface area contributed by atoms with E-state index in [9.17, 15) is 0 Å². The fourth-order valence-corrected chi connectivity index (χ4v) is 3.21. The van der Waals surface area contributed by atoms with Crippen molar-refractivity contribution >= 4 is 0 Å². The first-order valence-electron chi connectivity index (χ1n) is 7.54. The van der Waals surface area contributed by atoms with Crippen LogP contribution in [0.3, 0.4) is 0 Å². The van der Waals surface area contributed by atoms with Gasteiger partial charge in [0.2, 0.25) is 0 Å². The molecule has 1 fully saturated rings. The van der Waals surface area contributed by atoms with E-state index < -0.39 is 0 Å². The van der Waals surface area contributed by atoms with Crippen LogP contribution in [-0.4, -0.2) is 36.6 Å². The minimum atomic E-state index is 0.632. The van der Waals surface area contributed by atoms with Gasteiger partial charge in [-0.2, -0.15) is 0 Å². The zero-order valence-corrected chi connectivity index (χ0v) is 12.3. The van der Waals surface area contributed by atoms with Crippen molar-refractivity contribution in [2.45, 2.75) is 44.7 Å². The van der Waals surface area contributed by atoms with E-state index in [1.54, 1.807) is 0 Å². The molecule has 1 unspecified atom stereocenters. The van der Waals surface area contributed by atoms with Crippen LogP contribution in [-0.2, 0) is 6.54 Å². The summed E-state index contributed by atoms with van der Waals surface area (Å²) in [5.41, 5.74) is 1.34. The summed E-state index contributed by atoms with van der Waals surface area (Å²) in [6.07, 6.45) is 10.8.